The summed E-state index contributed by atoms with van der Waals surface area (Å²) in [5.41, 5.74) is 3.03. The van der Waals surface area contributed by atoms with Crippen LogP contribution in [-0.2, 0) is 30.5 Å². The van der Waals surface area contributed by atoms with Crippen LogP contribution in [0.25, 0.3) is 0 Å². The van der Waals surface area contributed by atoms with Crippen LogP contribution in [0.5, 0.6) is 5.75 Å². The number of rotatable bonds is 6. The SMILES string of the molecule is COC(=O)[C@@H]1C(=O)C2=C(C[C@H]1C)NC(C)=C(C(=O)OCc1ccc(OC)cc1)[C@@H]2c1cccs1. The number of nitrogens with one attached hydrogen (secondary N) is 1. The molecule has 178 valence electrons. The van der Waals surface area contributed by atoms with E-state index in [0.29, 0.717) is 29.0 Å². The number of ketones is 1. The number of hydrogen-bond acceptors (Lipinski definition) is 8. The summed E-state index contributed by atoms with van der Waals surface area (Å²) in [7, 11) is 2.88. The molecular weight excluding hydrogens is 454 g/mol. The first-order chi connectivity index (χ1) is 16.3. The van der Waals surface area contributed by atoms with E-state index in [0.717, 1.165) is 16.1 Å². The van der Waals surface area contributed by atoms with Crippen molar-refractivity contribution < 1.29 is 28.6 Å². The zero-order valence-electron chi connectivity index (χ0n) is 19.5. The Morgan fingerprint density at radius 1 is 1.15 bits per heavy atom. The molecule has 2 heterocycles. The van der Waals surface area contributed by atoms with Gasteiger partial charge in [0.2, 0.25) is 0 Å². The lowest BCUT2D eigenvalue weighted by molar-refractivity contribution is -0.151. The van der Waals surface area contributed by atoms with Crippen LogP contribution in [0.1, 0.15) is 36.6 Å². The van der Waals surface area contributed by atoms with Gasteiger partial charge in [0.25, 0.3) is 0 Å². The minimum absolute atomic E-state index is 0.0818. The fourth-order valence-electron chi connectivity index (χ4n) is 4.64. The number of methoxy groups -OCH3 is 2. The molecule has 0 amide bonds. The van der Waals surface area contributed by atoms with Crippen molar-refractivity contribution in [1.82, 2.24) is 5.32 Å². The number of benzene rings is 1. The van der Waals surface area contributed by atoms with E-state index in [1.165, 1.54) is 18.4 Å². The molecule has 8 heteroatoms. The number of allylic oxidation sites excluding steroid dienone is 3. The number of thiophene rings is 1. The lowest BCUT2D eigenvalue weighted by Gasteiger charge is -2.37. The monoisotopic (exact) mass is 481 g/mol. The van der Waals surface area contributed by atoms with Crippen molar-refractivity contribution in [2.24, 2.45) is 11.8 Å². The number of Topliss-reactive ketones (excluding diaryl/α,β-unsaturated/α-hetero) is 1. The summed E-state index contributed by atoms with van der Waals surface area (Å²) < 4.78 is 15.8. The van der Waals surface area contributed by atoms with E-state index in [1.54, 1.807) is 19.2 Å². The van der Waals surface area contributed by atoms with Crippen LogP contribution < -0.4 is 10.1 Å². The molecule has 0 saturated heterocycles. The molecule has 1 aromatic heterocycles. The first-order valence-corrected chi connectivity index (χ1v) is 11.9. The van der Waals surface area contributed by atoms with Gasteiger partial charge >= 0.3 is 11.9 Å². The van der Waals surface area contributed by atoms with E-state index in [4.69, 9.17) is 14.2 Å². The maximum atomic E-state index is 13.6. The van der Waals surface area contributed by atoms with E-state index in [2.05, 4.69) is 5.32 Å². The Hall–Kier alpha value is -3.39. The van der Waals surface area contributed by atoms with Gasteiger partial charge < -0.3 is 19.5 Å². The summed E-state index contributed by atoms with van der Waals surface area (Å²) in [6.45, 7) is 3.76. The fourth-order valence-corrected chi connectivity index (χ4v) is 5.48. The molecule has 4 rings (SSSR count). The van der Waals surface area contributed by atoms with Crippen LogP contribution in [0.3, 0.4) is 0 Å². The molecule has 0 unspecified atom stereocenters. The van der Waals surface area contributed by atoms with E-state index in [1.807, 2.05) is 43.5 Å². The maximum Gasteiger partial charge on any atom is 0.337 e. The van der Waals surface area contributed by atoms with Gasteiger partial charge in [0.05, 0.1) is 25.7 Å². The van der Waals surface area contributed by atoms with Gasteiger partial charge in [-0.25, -0.2) is 4.79 Å². The van der Waals surface area contributed by atoms with Gasteiger partial charge in [0, 0.05) is 21.8 Å². The summed E-state index contributed by atoms with van der Waals surface area (Å²) >= 11 is 1.46. The lowest BCUT2D eigenvalue weighted by atomic mass is 9.70. The summed E-state index contributed by atoms with van der Waals surface area (Å²) in [5.74, 6) is -2.37. The van der Waals surface area contributed by atoms with Crippen molar-refractivity contribution in [3.05, 3.63) is 74.8 Å². The molecule has 7 nitrogen and oxygen atoms in total. The molecule has 1 N–H and O–H groups in total. The molecule has 2 aromatic rings. The van der Waals surface area contributed by atoms with Gasteiger partial charge in [0.15, 0.2) is 5.78 Å². The Morgan fingerprint density at radius 2 is 1.88 bits per heavy atom. The highest BCUT2D eigenvalue weighted by Gasteiger charge is 2.47. The van der Waals surface area contributed by atoms with Gasteiger partial charge in [-0.2, -0.15) is 0 Å². The Kier molecular flexibility index (Phi) is 6.88. The molecule has 0 radical (unpaired) electrons. The summed E-state index contributed by atoms with van der Waals surface area (Å²) in [5, 5.41) is 5.17. The third kappa shape index (κ3) is 4.37. The number of hydrogen-bond donors (Lipinski definition) is 1. The highest BCUT2D eigenvalue weighted by atomic mass is 32.1. The molecular formula is C26H27NO6S. The van der Waals surface area contributed by atoms with E-state index >= 15 is 0 Å². The molecule has 34 heavy (non-hydrogen) atoms. The zero-order valence-corrected chi connectivity index (χ0v) is 20.4. The van der Waals surface area contributed by atoms with Crippen molar-refractivity contribution in [3.63, 3.8) is 0 Å². The third-order valence-electron chi connectivity index (χ3n) is 6.32. The number of dihydropyridines is 1. The molecule has 3 atom stereocenters. The standard InChI is InChI=1S/C26H27NO6S/c1-14-12-18-22(24(28)20(14)25(29)32-4)23(19-6-5-11-34-19)21(15(2)27-18)26(30)33-13-16-7-9-17(31-3)10-8-16/h5-11,14,20,23,27H,12-13H2,1-4H3/t14-,20+,23+/m1/s1. The smallest absolute Gasteiger partial charge is 0.337 e. The predicted molar refractivity (Wildman–Crippen MR) is 127 cm³/mol. The average Bonchev–Trinajstić information content (AvgIpc) is 3.36. The Labute approximate surface area is 202 Å². The molecule has 1 aromatic carbocycles. The fraction of sp³-hybridized carbons (Fsp3) is 0.346. The van der Waals surface area contributed by atoms with Gasteiger partial charge in [-0.3, -0.25) is 9.59 Å². The van der Waals surface area contributed by atoms with Crippen molar-refractivity contribution in [2.45, 2.75) is 32.8 Å². The van der Waals surface area contributed by atoms with Gasteiger partial charge in [0.1, 0.15) is 18.3 Å². The summed E-state index contributed by atoms with van der Waals surface area (Å²) in [4.78, 5) is 40.3. The van der Waals surface area contributed by atoms with Crippen LogP contribution in [0.4, 0.5) is 0 Å². The van der Waals surface area contributed by atoms with Crippen molar-refractivity contribution in [1.29, 1.82) is 0 Å². The Morgan fingerprint density at radius 3 is 2.50 bits per heavy atom. The van der Waals surface area contributed by atoms with Crippen molar-refractivity contribution >= 4 is 29.1 Å². The molecule has 0 fully saturated rings. The second kappa shape index (κ2) is 9.85. The molecule has 2 aliphatic rings. The molecule has 0 saturated carbocycles. The Balaban J connectivity index is 1.67. The van der Waals surface area contributed by atoms with Gasteiger partial charge in [-0.1, -0.05) is 25.1 Å². The lowest BCUT2D eigenvalue weighted by Crippen LogP contribution is -2.43. The largest absolute Gasteiger partial charge is 0.497 e. The van der Waals surface area contributed by atoms with E-state index in [9.17, 15) is 14.4 Å². The normalized spacial score (nSPS) is 22.1. The van der Waals surface area contributed by atoms with E-state index < -0.39 is 23.8 Å². The zero-order chi connectivity index (χ0) is 24.4. The highest BCUT2D eigenvalue weighted by molar-refractivity contribution is 7.10. The Bertz CT molecular complexity index is 1160. The average molecular weight is 482 g/mol. The van der Waals surface area contributed by atoms with Crippen molar-refractivity contribution in [3.8, 4) is 5.75 Å². The first-order valence-electron chi connectivity index (χ1n) is 11.0. The first kappa shape index (κ1) is 23.8. The van der Waals surface area contributed by atoms with Crippen molar-refractivity contribution in [2.75, 3.05) is 14.2 Å². The summed E-state index contributed by atoms with van der Waals surface area (Å²) in [6.07, 6.45) is 0.508. The van der Waals surface area contributed by atoms with Crippen LogP contribution in [-0.4, -0.2) is 31.9 Å². The second-order valence-corrected chi connectivity index (χ2v) is 9.45. The minimum atomic E-state index is -0.900. The highest BCUT2D eigenvalue weighted by Crippen LogP contribution is 2.46. The van der Waals surface area contributed by atoms with Gasteiger partial charge in [-0.05, 0) is 48.4 Å². The molecule has 0 spiro atoms. The topological polar surface area (TPSA) is 90.9 Å². The van der Waals surface area contributed by atoms with E-state index in [-0.39, 0.29) is 18.3 Å². The van der Waals surface area contributed by atoms with Crippen LogP contribution in [0.15, 0.2) is 64.3 Å². The van der Waals surface area contributed by atoms with Crippen LogP contribution >= 0.6 is 11.3 Å². The second-order valence-electron chi connectivity index (χ2n) is 8.48. The number of esters is 2. The maximum absolute atomic E-state index is 13.6. The number of carbonyl (C=O) groups is 3. The van der Waals surface area contributed by atoms with Crippen LogP contribution in [0, 0.1) is 11.8 Å². The molecule has 1 aliphatic carbocycles. The third-order valence-corrected chi connectivity index (χ3v) is 7.26. The molecule has 0 bridgehead atoms. The number of ether oxygens (including phenoxy) is 3. The summed E-state index contributed by atoms with van der Waals surface area (Å²) in [6, 6.07) is 11.0. The predicted octanol–water partition coefficient (Wildman–Crippen LogP) is 4.11. The quantitative estimate of drug-likeness (QED) is 0.490. The van der Waals surface area contributed by atoms with Gasteiger partial charge in [-0.15, -0.1) is 11.3 Å². The molecule has 1 aliphatic heterocycles. The number of carbonyl (C=O) groups excluding carboxylic acids is 3. The van der Waals surface area contributed by atoms with Crippen LogP contribution in [0.2, 0.25) is 0 Å². The minimum Gasteiger partial charge on any atom is -0.497 e.